The average molecular weight is 260 g/mol. The summed E-state index contributed by atoms with van der Waals surface area (Å²) in [7, 11) is 0. The van der Waals surface area contributed by atoms with Crippen molar-refractivity contribution in [3.8, 4) is 0 Å². The van der Waals surface area contributed by atoms with Gasteiger partial charge in [-0.3, -0.25) is 0 Å². The molecule has 2 saturated carbocycles. The van der Waals surface area contributed by atoms with Crippen molar-refractivity contribution in [1.29, 1.82) is 0 Å². The molecule has 0 atom stereocenters. The number of rotatable bonds is 3. The Kier molecular flexibility index (Phi) is 4.00. The van der Waals surface area contributed by atoms with Crippen molar-refractivity contribution < 1.29 is 4.42 Å². The van der Waals surface area contributed by atoms with Crippen LogP contribution in [0.1, 0.15) is 76.9 Å². The molecule has 2 aliphatic carbocycles. The summed E-state index contributed by atoms with van der Waals surface area (Å²) in [4.78, 5) is 0. The van der Waals surface area contributed by atoms with E-state index < -0.39 is 0 Å². The van der Waals surface area contributed by atoms with E-state index in [1.807, 2.05) is 6.26 Å². The second kappa shape index (κ2) is 5.73. The van der Waals surface area contributed by atoms with Gasteiger partial charge >= 0.3 is 0 Å². The van der Waals surface area contributed by atoms with Gasteiger partial charge in [-0.2, -0.15) is 0 Å². The second-order valence-corrected chi connectivity index (χ2v) is 6.93. The van der Waals surface area contributed by atoms with E-state index in [9.17, 15) is 0 Å². The number of hydrogen-bond donors (Lipinski definition) is 0. The fourth-order valence-corrected chi connectivity index (χ4v) is 4.73. The number of hydrogen-bond acceptors (Lipinski definition) is 1. The maximum absolute atomic E-state index is 5.91. The second-order valence-electron chi connectivity index (χ2n) is 6.93. The molecule has 1 heteroatoms. The minimum atomic E-state index is 0.296. The quantitative estimate of drug-likeness (QED) is 0.679. The zero-order valence-electron chi connectivity index (χ0n) is 12.4. The Morgan fingerprint density at radius 3 is 1.84 bits per heavy atom. The highest BCUT2D eigenvalue weighted by Gasteiger charge is 2.44. The SMILES string of the molecule is CC(c1ccco1)(C1CCCCC1)C1CCCCC1. The lowest BCUT2D eigenvalue weighted by Crippen LogP contribution is -2.41. The van der Waals surface area contributed by atoms with E-state index in [0.29, 0.717) is 5.41 Å². The molecule has 19 heavy (non-hydrogen) atoms. The van der Waals surface area contributed by atoms with E-state index in [4.69, 9.17) is 4.42 Å². The monoisotopic (exact) mass is 260 g/mol. The number of furan rings is 1. The molecule has 0 N–H and O–H groups in total. The van der Waals surface area contributed by atoms with Crippen molar-refractivity contribution in [1.82, 2.24) is 0 Å². The predicted octanol–water partition coefficient (Wildman–Crippen LogP) is 5.70. The highest BCUT2D eigenvalue weighted by Crippen LogP contribution is 2.50. The molecule has 2 fully saturated rings. The van der Waals surface area contributed by atoms with Crippen LogP contribution in [0.25, 0.3) is 0 Å². The van der Waals surface area contributed by atoms with Crippen LogP contribution in [0.5, 0.6) is 0 Å². The fourth-order valence-electron chi connectivity index (χ4n) is 4.73. The standard InChI is InChI=1S/C18H28O/c1-18(17-13-8-14-19-17,15-9-4-2-5-10-15)16-11-6-3-7-12-16/h8,13-16H,2-7,9-12H2,1H3. The first kappa shape index (κ1) is 13.3. The molecule has 0 amide bonds. The van der Waals surface area contributed by atoms with Crippen LogP contribution in [0, 0.1) is 11.8 Å². The van der Waals surface area contributed by atoms with Crippen LogP contribution in [-0.2, 0) is 5.41 Å². The van der Waals surface area contributed by atoms with Crippen molar-refractivity contribution in [2.24, 2.45) is 11.8 Å². The molecule has 0 bridgehead atoms. The lowest BCUT2D eigenvalue weighted by Gasteiger charge is -2.45. The van der Waals surface area contributed by atoms with Gasteiger partial charge in [-0.25, -0.2) is 0 Å². The van der Waals surface area contributed by atoms with Gasteiger partial charge in [-0.15, -0.1) is 0 Å². The summed E-state index contributed by atoms with van der Waals surface area (Å²) in [6.07, 6.45) is 16.1. The molecule has 0 saturated heterocycles. The molecular formula is C18H28O. The molecule has 0 spiro atoms. The zero-order valence-corrected chi connectivity index (χ0v) is 12.4. The minimum absolute atomic E-state index is 0.296. The van der Waals surface area contributed by atoms with Crippen LogP contribution in [0.15, 0.2) is 22.8 Å². The Morgan fingerprint density at radius 2 is 1.42 bits per heavy atom. The van der Waals surface area contributed by atoms with Crippen molar-refractivity contribution in [2.45, 2.75) is 76.5 Å². The third-order valence-electron chi connectivity index (χ3n) is 5.96. The lowest BCUT2D eigenvalue weighted by molar-refractivity contribution is 0.0938. The van der Waals surface area contributed by atoms with E-state index in [2.05, 4.69) is 19.1 Å². The Bertz CT molecular complexity index is 348. The van der Waals surface area contributed by atoms with E-state index in [1.54, 1.807) is 0 Å². The Balaban J connectivity index is 1.89. The summed E-state index contributed by atoms with van der Waals surface area (Å²) < 4.78 is 5.91. The summed E-state index contributed by atoms with van der Waals surface area (Å²) in [6, 6.07) is 4.32. The van der Waals surface area contributed by atoms with Crippen molar-refractivity contribution >= 4 is 0 Å². The van der Waals surface area contributed by atoms with Gasteiger partial charge in [0.15, 0.2) is 0 Å². The van der Waals surface area contributed by atoms with Crippen LogP contribution in [0.4, 0.5) is 0 Å². The molecule has 1 heterocycles. The van der Waals surface area contributed by atoms with Gasteiger partial charge in [-0.1, -0.05) is 45.4 Å². The Morgan fingerprint density at radius 1 is 0.895 bits per heavy atom. The maximum Gasteiger partial charge on any atom is 0.110 e. The van der Waals surface area contributed by atoms with E-state index in [0.717, 1.165) is 11.8 Å². The first-order valence-electron chi connectivity index (χ1n) is 8.36. The summed E-state index contributed by atoms with van der Waals surface area (Å²) >= 11 is 0. The van der Waals surface area contributed by atoms with Crippen molar-refractivity contribution in [2.75, 3.05) is 0 Å². The van der Waals surface area contributed by atoms with E-state index in [1.165, 1.54) is 70.0 Å². The first-order valence-corrected chi connectivity index (χ1v) is 8.36. The molecule has 1 nitrogen and oxygen atoms in total. The third kappa shape index (κ3) is 2.49. The fraction of sp³-hybridized carbons (Fsp3) is 0.778. The molecule has 3 rings (SSSR count). The van der Waals surface area contributed by atoms with E-state index >= 15 is 0 Å². The van der Waals surface area contributed by atoms with Crippen LogP contribution < -0.4 is 0 Å². The minimum Gasteiger partial charge on any atom is -0.469 e. The summed E-state index contributed by atoms with van der Waals surface area (Å²) in [5.41, 5.74) is 0.296. The Hall–Kier alpha value is -0.720. The van der Waals surface area contributed by atoms with Gasteiger partial charge in [0.1, 0.15) is 5.76 Å². The molecule has 1 aromatic rings. The van der Waals surface area contributed by atoms with Gasteiger partial charge in [0.2, 0.25) is 0 Å². The highest BCUT2D eigenvalue weighted by molar-refractivity contribution is 5.17. The van der Waals surface area contributed by atoms with Gasteiger partial charge in [0, 0.05) is 5.41 Å². The van der Waals surface area contributed by atoms with E-state index in [-0.39, 0.29) is 0 Å². The summed E-state index contributed by atoms with van der Waals surface area (Å²) in [5, 5.41) is 0. The van der Waals surface area contributed by atoms with Crippen molar-refractivity contribution in [3.05, 3.63) is 24.2 Å². The maximum atomic E-state index is 5.91. The van der Waals surface area contributed by atoms with Crippen molar-refractivity contribution in [3.63, 3.8) is 0 Å². The average Bonchev–Trinajstić information content (AvgIpc) is 3.03. The van der Waals surface area contributed by atoms with Gasteiger partial charge in [0.05, 0.1) is 6.26 Å². The molecule has 0 unspecified atom stereocenters. The molecule has 106 valence electrons. The van der Waals surface area contributed by atoms with Crippen LogP contribution in [-0.4, -0.2) is 0 Å². The van der Waals surface area contributed by atoms with Gasteiger partial charge < -0.3 is 4.42 Å². The normalized spacial score (nSPS) is 23.6. The topological polar surface area (TPSA) is 13.1 Å². The molecule has 0 aliphatic heterocycles. The van der Waals surface area contributed by atoms with Crippen LogP contribution in [0.2, 0.25) is 0 Å². The molecule has 1 aromatic heterocycles. The summed E-state index contributed by atoms with van der Waals surface area (Å²) in [5.74, 6) is 2.96. The van der Waals surface area contributed by atoms with Crippen LogP contribution >= 0.6 is 0 Å². The van der Waals surface area contributed by atoms with Gasteiger partial charge in [-0.05, 0) is 49.7 Å². The van der Waals surface area contributed by atoms with Gasteiger partial charge in [0.25, 0.3) is 0 Å². The first-order chi connectivity index (χ1) is 9.32. The molecule has 2 aliphatic rings. The zero-order chi connectivity index (χ0) is 13.1. The Labute approximate surface area is 117 Å². The predicted molar refractivity (Wildman–Crippen MR) is 79.2 cm³/mol. The van der Waals surface area contributed by atoms with Crippen LogP contribution in [0.3, 0.4) is 0 Å². The highest BCUT2D eigenvalue weighted by atomic mass is 16.3. The summed E-state index contributed by atoms with van der Waals surface area (Å²) in [6.45, 7) is 2.51. The molecular weight excluding hydrogens is 232 g/mol. The lowest BCUT2D eigenvalue weighted by atomic mass is 9.59. The molecule has 0 radical (unpaired) electrons. The smallest absolute Gasteiger partial charge is 0.110 e. The third-order valence-corrected chi connectivity index (χ3v) is 5.96. The largest absolute Gasteiger partial charge is 0.469 e. The molecule has 0 aromatic carbocycles.